The lowest BCUT2D eigenvalue weighted by Crippen LogP contribution is -2.20. The molecule has 3 aromatic rings. The molecule has 0 saturated heterocycles. The SMILES string of the molecule is COc1ccc(N(CCc2cccnc2)c2cccc(C(=O)O)c2)cc1OC. The number of hydrogen-bond donors (Lipinski definition) is 1. The number of carbonyl (C=O) groups is 1. The van der Waals surface area contributed by atoms with E-state index in [9.17, 15) is 9.90 Å². The van der Waals surface area contributed by atoms with Gasteiger partial charge in [-0.15, -0.1) is 0 Å². The van der Waals surface area contributed by atoms with Crippen molar-refractivity contribution < 1.29 is 19.4 Å². The largest absolute Gasteiger partial charge is 0.493 e. The first-order valence-electron chi connectivity index (χ1n) is 8.84. The van der Waals surface area contributed by atoms with Crippen LogP contribution in [0.25, 0.3) is 0 Å². The summed E-state index contributed by atoms with van der Waals surface area (Å²) in [4.78, 5) is 17.6. The van der Waals surface area contributed by atoms with E-state index in [1.54, 1.807) is 38.6 Å². The molecule has 0 aliphatic carbocycles. The van der Waals surface area contributed by atoms with Gasteiger partial charge < -0.3 is 19.5 Å². The molecule has 1 heterocycles. The van der Waals surface area contributed by atoms with Gasteiger partial charge in [0.2, 0.25) is 0 Å². The van der Waals surface area contributed by atoms with Gasteiger partial charge in [0, 0.05) is 36.4 Å². The zero-order valence-corrected chi connectivity index (χ0v) is 15.8. The number of ether oxygens (including phenoxy) is 2. The molecule has 0 unspecified atom stereocenters. The molecular formula is C22H22N2O4. The zero-order valence-electron chi connectivity index (χ0n) is 15.8. The number of carboxylic acids is 1. The Morgan fingerprint density at radius 2 is 1.79 bits per heavy atom. The lowest BCUT2D eigenvalue weighted by molar-refractivity contribution is 0.0697. The molecule has 0 aliphatic rings. The molecule has 0 saturated carbocycles. The number of carboxylic acid groups (broad SMARTS) is 1. The van der Waals surface area contributed by atoms with Gasteiger partial charge in [0.05, 0.1) is 19.8 Å². The van der Waals surface area contributed by atoms with Gasteiger partial charge in [0.25, 0.3) is 0 Å². The van der Waals surface area contributed by atoms with Gasteiger partial charge in [-0.2, -0.15) is 0 Å². The standard InChI is InChI=1S/C22H22N2O4/c1-27-20-9-8-19(14-21(20)28-2)24(12-10-16-5-4-11-23-15-16)18-7-3-6-17(13-18)22(25)26/h3-9,11,13-15H,10,12H2,1-2H3,(H,25,26). The van der Waals surface area contributed by atoms with Gasteiger partial charge >= 0.3 is 5.97 Å². The lowest BCUT2D eigenvalue weighted by Gasteiger charge is -2.26. The molecule has 0 radical (unpaired) electrons. The Morgan fingerprint density at radius 3 is 2.46 bits per heavy atom. The van der Waals surface area contributed by atoms with Crippen molar-refractivity contribution >= 4 is 17.3 Å². The van der Waals surface area contributed by atoms with E-state index in [1.165, 1.54) is 0 Å². The van der Waals surface area contributed by atoms with Crippen molar-refractivity contribution in [2.45, 2.75) is 6.42 Å². The van der Waals surface area contributed by atoms with Crippen molar-refractivity contribution in [3.05, 3.63) is 78.1 Å². The second-order valence-corrected chi connectivity index (χ2v) is 6.16. The fourth-order valence-electron chi connectivity index (χ4n) is 2.99. The predicted molar refractivity (Wildman–Crippen MR) is 108 cm³/mol. The highest BCUT2D eigenvalue weighted by atomic mass is 16.5. The van der Waals surface area contributed by atoms with Crippen LogP contribution in [0.4, 0.5) is 11.4 Å². The van der Waals surface area contributed by atoms with Crippen LogP contribution in [0.5, 0.6) is 11.5 Å². The summed E-state index contributed by atoms with van der Waals surface area (Å²) in [5.74, 6) is 0.292. The second kappa shape index (κ2) is 8.90. The summed E-state index contributed by atoms with van der Waals surface area (Å²) in [6, 6.07) is 16.5. The molecule has 2 aromatic carbocycles. The maximum atomic E-state index is 11.4. The summed E-state index contributed by atoms with van der Waals surface area (Å²) in [7, 11) is 3.18. The van der Waals surface area contributed by atoms with Crippen molar-refractivity contribution in [2.24, 2.45) is 0 Å². The molecule has 3 rings (SSSR count). The number of anilines is 2. The molecule has 0 amide bonds. The fourth-order valence-corrected chi connectivity index (χ4v) is 2.99. The number of aromatic carboxylic acids is 1. The van der Waals surface area contributed by atoms with Crippen LogP contribution in [0.3, 0.4) is 0 Å². The third kappa shape index (κ3) is 4.40. The van der Waals surface area contributed by atoms with E-state index in [2.05, 4.69) is 9.88 Å². The minimum atomic E-state index is -0.957. The molecule has 28 heavy (non-hydrogen) atoms. The van der Waals surface area contributed by atoms with Gasteiger partial charge in [0.15, 0.2) is 11.5 Å². The van der Waals surface area contributed by atoms with E-state index in [0.717, 1.165) is 23.4 Å². The number of pyridine rings is 1. The topological polar surface area (TPSA) is 71.9 Å². The van der Waals surface area contributed by atoms with Crippen LogP contribution in [-0.4, -0.2) is 36.8 Å². The number of benzene rings is 2. The van der Waals surface area contributed by atoms with Crippen LogP contribution in [0, 0.1) is 0 Å². The fraction of sp³-hybridized carbons (Fsp3) is 0.182. The number of rotatable bonds is 8. The molecule has 0 spiro atoms. The summed E-state index contributed by atoms with van der Waals surface area (Å²) in [5.41, 5.74) is 3.01. The van der Waals surface area contributed by atoms with Crippen molar-refractivity contribution in [3.63, 3.8) is 0 Å². The normalized spacial score (nSPS) is 10.4. The molecule has 1 aromatic heterocycles. The third-order valence-electron chi connectivity index (χ3n) is 4.43. The van der Waals surface area contributed by atoms with Crippen LogP contribution >= 0.6 is 0 Å². The van der Waals surface area contributed by atoms with Crippen molar-refractivity contribution in [1.29, 1.82) is 0 Å². The predicted octanol–water partition coefficient (Wildman–Crippen LogP) is 4.18. The highest BCUT2D eigenvalue weighted by Crippen LogP contribution is 2.35. The van der Waals surface area contributed by atoms with Crippen molar-refractivity contribution in [2.75, 3.05) is 25.7 Å². The third-order valence-corrected chi connectivity index (χ3v) is 4.43. The lowest BCUT2D eigenvalue weighted by atomic mass is 10.1. The average Bonchev–Trinajstić information content (AvgIpc) is 2.74. The molecule has 6 nitrogen and oxygen atoms in total. The maximum absolute atomic E-state index is 11.4. The Kier molecular flexibility index (Phi) is 6.11. The Morgan fingerprint density at radius 1 is 1.00 bits per heavy atom. The number of hydrogen-bond acceptors (Lipinski definition) is 5. The first kappa shape index (κ1) is 19.2. The smallest absolute Gasteiger partial charge is 0.335 e. The first-order chi connectivity index (χ1) is 13.6. The van der Waals surface area contributed by atoms with Crippen molar-refractivity contribution in [1.82, 2.24) is 4.98 Å². The maximum Gasteiger partial charge on any atom is 0.335 e. The van der Waals surface area contributed by atoms with Crippen LogP contribution < -0.4 is 14.4 Å². The summed E-state index contributed by atoms with van der Waals surface area (Å²) >= 11 is 0. The van der Waals surface area contributed by atoms with Gasteiger partial charge in [0.1, 0.15) is 0 Å². The number of nitrogens with zero attached hydrogens (tertiary/aromatic N) is 2. The van der Waals surface area contributed by atoms with Crippen LogP contribution in [-0.2, 0) is 6.42 Å². The highest BCUT2D eigenvalue weighted by molar-refractivity contribution is 5.89. The van der Waals surface area contributed by atoms with Crippen LogP contribution in [0.2, 0.25) is 0 Å². The monoisotopic (exact) mass is 378 g/mol. The molecular weight excluding hydrogens is 356 g/mol. The number of aromatic nitrogens is 1. The second-order valence-electron chi connectivity index (χ2n) is 6.16. The van der Waals surface area contributed by atoms with Gasteiger partial charge in [-0.1, -0.05) is 12.1 Å². The molecule has 0 atom stereocenters. The summed E-state index contributed by atoms with van der Waals surface area (Å²) < 4.78 is 10.8. The molecule has 0 aliphatic heterocycles. The van der Waals surface area contributed by atoms with Crippen molar-refractivity contribution in [3.8, 4) is 11.5 Å². The first-order valence-corrected chi connectivity index (χ1v) is 8.84. The minimum Gasteiger partial charge on any atom is -0.493 e. The van der Waals surface area contributed by atoms with Gasteiger partial charge in [-0.25, -0.2) is 4.79 Å². The molecule has 0 fully saturated rings. The van der Waals surface area contributed by atoms with Gasteiger partial charge in [-0.05, 0) is 48.4 Å². The van der Waals surface area contributed by atoms with Gasteiger partial charge in [-0.3, -0.25) is 4.98 Å². The average molecular weight is 378 g/mol. The highest BCUT2D eigenvalue weighted by Gasteiger charge is 2.15. The zero-order chi connectivity index (χ0) is 19.9. The molecule has 1 N–H and O–H groups in total. The van der Waals surface area contributed by atoms with E-state index in [1.807, 2.05) is 42.6 Å². The Bertz CT molecular complexity index is 944. The van der Waals surface area contributed by atoms with Crippen LogP contribution in [0.1, 0.15) is 15.9 Å². The van der Waals surface area contributed by atoms with E-state index in [-0.39, 0.29) is 5.56 Å². The molecule has 0 bridgehead atoms. The Balaban J connectivity index is 1.99. The van der Waals surface area contributed by atoms with Crippen LogP contribution in [0.15, 0.2) is 67.0 Å². The Labute approximate surface area is 164 Å². The summed E-state index contributed by atoms with van der Waals surface area (Å²) in [6.07, 6.45) is 4.33. The minimum absolute atomic E-state index is 0.240. The van der Waals surface area contributed by atoms with E-state index < -0.39 is 5.97 Å². The quantitative estimate of drug-likeness (QED) is 0.634. The summed E-state index contributed by atoms with van der Waals surface area (Å²) in [6.45, 7) is 0.643. The molecule has 6 heteroatoms. The van der Waals surface area contributed by atoms with E-state index in [4.69, 9.17) is 9.47 Å². The van der Waals surface area contributed by atoms with E-state index in [0.29, 0.717) is 18.0 Å². The Hall–Kier alpha value is -3.54. The van der Waals surface area contributed by atoms with E-state index >= 15 is 0 Å². The summed E-state index contributed by atoms with van der Waals surface area (Å²) in [5, 5.41) is 9.36. The molecule has 144 valence electrons. The number of methoxy groups -OCH3 is 2.